The molecule has 1 saturated heterocycles. The number of hydrogen-bond donors (Lipinski definition) is 2. The maximum atomic E-state index is 11.2. The molecule has 0 unspecified atom stereocenters. The van der Waals surface area contributed by atoms with Gasteiger partial charge in [0.2, 0.25) is 5.91 Å². The molecule has 0 atom stereocenters. The van der Waals surface area contributed by atoms with Gasteiger partial charge in [0.1, 0.15) is 0 Å². The number of nitrogens with two attached hydrogens (primary N) is 1. The quantitative estimate of drug-likeness (QED) is 0.397. The molecule has 2 aromatic rings. The van der Waals surface area contributed by atoms with Crippen molar-refractivity contribution in [3.63, 3.8) is 0 Å². The van der Waals surface area contributed by atoms with Gasteiger partial charge in [0.15, 0.2) is 0 Å². The number of nitrogens with zero attached hydrogens (tertiary/aromatic N) is 3. The lowest BCUT2D eigenvalue weighted by molar-refractivity contribution is -0.118. The van der Waals surface area contributed by atoms with Crippen molar-refractivity contribution in [2.75, 3.05) is 45.2 Å². The highest BCUT2D eigenvalue weighted by Gasteiger charge is 2.10. The van der Waals surface area contributed by atoms with Gasteiger partial charge in [0, 0.05) is 75.2 Å². The number of aromatic nitrogens is 1. The molecule has 0 bridgehead atoms. The molecular formula is C30H37N5O2. The van der Waals surface area contributed by atoms with E-state index in [2.05, 4.69) is 52.6 Å². The van der Waals surface area contributed by atoms with Gasteiger partial charge in [-0.15, -0.1) is 0 Å². The van der Waals surface area contributed by atoms with Crippen LogP contribution >= 0.6 is 0 Å². The number of benzene rings is 1. The number of amides is 1. The van der Waals surface area contributed by atoms with Gasteiger partial charge < -0.3 is 20.7 Å². The summed E-state index contributed by atoms with van der Waals surface area (Å²) in [6.07, 6.45) is 15.4. The van der Waals surface area contributed by atoms with Crippen molar-refractivity contribution in [1.82, 2.24) is 14.8 Å². The van der Waals surface area contributed by atoms with Crippen molar-refractivity contribution in [2.45, 2.75) is 13.0 Å². The minimum absolute atomic E-state index is 0.286. The molecule has 1 aliphatic heterocycles. The molecule has 0 radical (unpaired) electrons. The Morgan fingerprint density at radius 2 is 1.97 bits per heavy atom. The van der Waals surface area contributed by atoms with Gasteiger partial charge in [-0.2, -0.15) is 0 Å². The predicted molar refractivity (Wildman–Crippen MR) is 152 cm³/mol. The van der Waals surface area contributed by atoms with Gasteiger partial charge in [-0.1, -0.05) is 49.6 Å². The Kier molecular flexibility index (Phi) is 10.9. The zero-order valence-corrected chi connectivity index (χ0v) is 21.6. The second-order valence-corrected chi connectivity index (χ2v) is 8.91. The fraction of sp³-hybridized carbons (Fsp3) is 0.267. The van der Waals surface area contributed by atoms with Crippen LogP contribution in [0.2, 0.25) is 0 Å². The first kappa shape index (κ1) is 27.6. The van der Waals surface area contributed by atoms with E-state index in [1.54, 1.807) is 12.3 Å². The van der Waals surface area contributed by atoms with Gasteiger partial charge in [-0.05, 0) is 41.0 Å². The Bertz CT molecular complexity index is 1140. The number of hydrogen-bond acceptors (Lipinski definition) is 6. The first-order valence-corrected chi connectivity index (χ1v) is 12.4. The first-order chi connectivity index (χ1) is 17.9. The van der Waals surface area contributed by atoms with Crippen LogP contribution in [-0.2, 0) is 16.1 Å². The molecule has 1 fully saturated rings. The third-order valence-electron chi connectivity index (χ3n) is 5.88. The average Bonchev–Trinajstić information content (AvgIpc) is 2.90. The number of allylic oxidation sites excluding steroid dienone is 5. The van der Waals surface area contributed by atoms with Crippen LogP contribution in [-0.4, -0.2) is 60.6 Å². The summed E-state index contributed by atoms with van der Waals surface area (Å²) in [4.78, 5) is 19.8. The summed E-state index contributed by atoms with van der Waals surface area (Å²) in [6, 6.07) is 10.4. The fourth-order valence-electron chi connectivity index (χ4n) is 3.89. The topological polar surface area (TPSA) is 83.7 Å². The van der Waals surface area contributed by atoms with Crippen LogP contribution in [0.15, 0.2) is 92.1 Å². The largest absolute Gasteiger partial charge is 0.379 e. The molecule has 1 aromatic carbocycles. The molecule has 0 spiro atoms. The van der Waals surface area contributed by atoms with Gasteiger partial charge in [-0.25, -0.2) is 0 Å². The highest BCUT2D eigenvalue weighted by molar-refractivity contribution is 5.80. The molecule has 37 heavy (non-hydrogen) atoms. The summed E-state index contributed by atoms with van der Waals surface area (Å²) in [6.45, 7) is 13.0. The number of carbonyl (C=O) groups excluding carboxylic acids is 1. The molecule has 3 rings (SSSR count). The van der Waals surface area contributed by atoms with Crippen molar-refractivity contribution in [3.8, 4) is 0 Å². The number of primary amides is 1. The maximum absolute atomic E-state index is 11.2. The van der Waals surface area contributed by atoms with E-state index in [0.29, 0.717) is 6.54 Å². The summed E-state index contributed by atoms with van der Waals surface area (Å²) in [5.74, 6) is -0.325. The smallest absolute Gasteiger partial charge is 0.219 e. The van der Waals surface area contributed by atoms with Gasteiger partial charge in [0.05, 0.1) is 13.2 Å². The second-order valence-electron chi connectivity index (χ2n) is 8.91. The Hall–Kier alpha value is -3.94. The lowest BCUT2D eigenvalue weighted by Crippen LogP contribution is -2.35. The monoisotopic (exact) mass is 499 g/mol. The van der Waals surface area contributed by atoms with Crippen LogP contribution in [0.25, 0.3) is 11.6 Å². The van der Waals surface area contributed by atoms with E-state index in [0.717, 1.165) is 60.9 Å². The molecule has 3 N–H and O–H groups in total. The van der Waals surface area contributed by atoms with Crippen molar-refractivity contribution in [3.05, 3.63) is 109 Å². The van der Waals surface area contributed by atoms with E-state index in [1.807, 2.05) is 54.7 Å². The molecule has 1 aliphatic rings. The number of ether oxygens (including phenoxy) is 1. The lowest BCUT2D eigenvalue weighted by atomic mass is 10.0. The van der Waals surface area contributed by atoms with Gasteiger partial charge >= 0.3 is 0 Å². The zero-order valence-electron chi connectivity index (χ0n) is 21.6. The van der Waals surface area contributed by atoms with Crippen LogP contribution in [0.3, 0.4) is 0 Å². The number of rotatable bonds is 13. The molecule has 1 aromatic heterocycles. The van der Waals surface area contributed by atoms with Crippen LogP contribution in [0.5, 0.6) is 0 Å². The molecule has 2 heterocycles. The standard InChI is InChI=1S/C30H37N5O2/c1-4-5-6-27(23-34(3)16-14-30(31)36)29-13-15-32-21-26(29)10-7-24(2)33-28-11-8-25(9-12-28)22-35-17-19-37-20-18-35/h4-13,15,21,23,33H,1-2,14,16-20,22H2,3H3,(H2,31,36)/b6-5-,10-7+,27-23+. The number of pyridine rings is 1. The Balaban J connectivity index is 1.68. The summed E-state index contributed by atoms with van der Waals surface area (Å²) in [5.41, 5.74) is 11.2. The average molecular weight is 500 g/mol. The van der Waals surface area contributed by atoms with Gasteiger partial charge in [0.25, 0.3) is 0 Å². The van der Waals surface area contributed by atoms with Crippen LogP contribution in [0.4, 0.5) is 5.69 Å². The zero-order chi connectivity index (χ0) is 26.5. The first-order valence-electron chi connectivity index (χ1n) is 12.4. The third kappa shape index (κ3) is 9.56. The number of anilines is 1. The minimum atomic E-state index is -0.325. The van der Waals surface area contributed by atoms with Crippen molar-refractivity contribution in [1.29, 1.82) is 0 Å². The summed E-state index contributed by atoms with van der Waals surface area (Å²) < 4.78 is 5.43. The Labute approximate surface area is 220 Å². The van der Waals surface area contributed by atoms with Gasteiger partial charge in [-0.3, -0.25) is 14.7 Å². The predicted octanol–water partition coefficient (Wildman–Crippen LogP) is 4.44. The van der Waals surface area contributed by atoms with E-state index in [-0.39, 0.29) is 12.3 Å². The molecule has 0 saturated carbocycles. The second kappa shape index (κ2) is 14.6. The SMILES string of the molecule is C=C/C=C\C(=C/N(C)CCC(N)=O)c1ccncc1/C=C/C(=C)Nc1ccc(CN2CCOCC2)cc1. The summed E-state index contributed by atoms with van der Waals surface area (Å²) in [7, 11) is 1.92. The van der Waals surface area contributed by atoms with Crippen LogP contribution in [0, 0.1) is 0 Å². The summed E-state index contributed by atoms with van der Waals surface area (Å²) in [5, 5.41) is 3.36. The van der Waals surface area contributed by atoms with Crippen molar-refractivity contribution in [2.24, 2.45) is 5.73 Å². The van der Waals surface area contributed by atoms with Crippen molar-refractivity contribution < 1.29 is 9.53 Å². The van der Waals surface area contributed by atoms with Crippen molar-refractivity contribution >= 4 is 23.2 Å². The minimum Gasteiger partial charge on any atom is -0.379 e. The fourth-order valence-corrected chi connectivity index (χ4v) is 3.89. The molecule has 7 nitrogen and oxygen atoms in total. The van der Waals surface area contributed by atoms with E-state index >= 15 is 0 Å². The van der Waals surface area contributed by atoms with E-state index in [9.17, 15) is 4.79 Å². The normalized spacial score (nSPS) is 14.7. The highest BCUT2D eigenvalue weighted by atomic mass is 16.5. The van der Waals surface area contributed by atoms with E-state index in [1.165, 1.54) is 5.56 Å². The Morgan fingerprint density at radius 3 is 2.68 bits per heavy atom. The molecule has 1 amide bonds. The van der Waals surface area contributed by atoms with Crippen LogP contribution in [0.1, 0.15) is 23.1 Å². The molecular weight excluding hydrogens is 462 g/mol. The lowest BCUT2D eigenvalue weighted by Gasteiger charge is -2.26. The molecule has 194 valence electrons. The molecule has 0 aliphatic carbocycles. The number of morpholine rings is 1. The van der Waals surface area contributed by atoms with E-state index < -0.39 is 0 Å². The van der Waals surface area contributed by atoms with E-state index in [4.69, 9.17) is 10.5 Å². The number of nitrogens with one attached hydrogen (secondary N) is 1. The van der Waals surface area contributed by atoms with Crippen LogP contribution < -0.4 is 11.1 Å². The maximum Gasteiger partial charge on any atom is 0.219 e. The third-order valence-corrected chi connectivity index (χ3v) is 5.88. The highest BCUT2D eigenvalue weighted by Crippen LogP contribution is 2.23. The number of carbonyl (C=O) groups is 1. The Morgan fingerprint density at radius 1 is 1.22 bits per heavy atom. The summed E-state index contributed by atoms with van der Waals surface area (Å²) >= 11 is 0. The molecule has 7 heteroatoms.